The zero-order valence-electron chi connectivity index (χ0n) is 10.6. The van der Waals surface area contributed by atoms with Crippen LogP contribution in [0.25, 0.3) is 0 Å². The molecular weight excluding hydrogens is 268 g/mol. The van der Waals surface area contributed by atoms with Crippen molar-refractivity contribution in [1.82, 2.24) is 0 Å². The number of benzene rings is 1. The molecule has 0 fully saturated rings. The molecule has 0 radical (unpaired) electrons. The minimum Gasteiger partial charge on any atom is -0.328 e. The summed E-state index contributed by atoms with van der Waals surface area (Å²) in [6, 6.07) is 6.23. The average Bonchev–Trinajstić information content (AvgIpc) is 2.24. The van der Waals surface area contributed by atoms with Crippen LogP contribution in [0.3, 0.4) is 0 Å². The highest BCUT2D eigenvalue weighted by Crippen LogP contribution is 2.16. The van der Waals surface area contributed by atoms with Gasteiger partial charge in [0, 0.05) is 18.2 Å². The van der Waals surface area contributed by atoms with E-state index < -0.39 is 10.2 Å². The van der Waals surface area contributed by atoms with Gasteiger partial charge in [-0.1, -0.05) is 6.07 Å². The Labute approximate surface area is 112 Å². The molecule has 0 heterocycles. The summed E-state index contributed by atoms with van der Waals surface area (Å²) in [4.78, 5) is 11.6. The number of amides is 1. The number of nitrogens with one attached hydrogen (secondary N) is 2. The highest BCUT2D eigenvalue weighted by molar-refractivity contribution is 7.90. The molecule has 1 rings (SSSR count). The molecule has 0 aromatic heterocycles. The van der Waals surface area contributed by atoms with Crippen LogP contribution in [-0.2, 0) is 15.0 Å². The van der Waals surface area contributed by atoms with Crippen LogP contribution in [0, 0.1) is 0 Å². The van der Waals surface area contributed by atoms with E-state index in [0.29, 0.717) is 18.5 Å². The second-order valence-electron chi connectivity index (χ2n) is 4.29. The number of hydrogen-bond donors (Lipinski definition) is 4. The largest absolute Gasteiger partial charge is 0.328 e. The second kappa shape index (κ2) is 6.50. The zero-order chi connectivity index (χ0) is 14.5. The number of anilines is 2. The van der Waals surface area contributed by atoms with Gasteiger partial charge in [0.25, 0.3) is 10.2 Å². The summed E-state index contributed by atoms with van der Waals surface area (Å²) in [5, 5.41) is 7.51. The minimum absolute atomic E-state index is 0.0406. The van der Waals surface area contributed by atoms with Crippen LogP contribution in [0.4, 0.5) is 11.4 Å². The summed E-state index contributed by atoms with van der Waals surface area (Å²) < 4.78 is 23.9. The molecule has 7 nitrogen and oxygen atoms in total. The lowest BCUT2D eigenvalue weighted by atomic mass is 10.2. The maximum absolute atomic E-state index is 11.6. The number of rotatable bonds is 6. The Balaban J connectivity index is 2.64. The molecule has 1 unspecified atom stereocenters. The van der Waals surface area contributed by atoms with Crippen LogP contribution in [0.2, 0.25) is 0 Å². The van der Waals surface area contributed by atoms with Crippen LogP contribution in [0.5, 0.6) is 0 Å². The van der Waals surface area contributed by atoms with Crippen molar-refractivity contribution in [1.29, 1.82) is 0 Å². The number of carbonyl (C=O) groups excluding carboxylic acids is 1. The topological polar surface area (TPSA) is 127 Å². The highest BCUT2D eigenvalue weighted by Gasteiger charge is 2.06. The molecule has 0 bridgehead atoms. The predicted molar refractivity (Wildman–Crippen MR) is 74.7 cm³/mol. The molecule has 0 aliphatic rings. The Morgan fingerprint density at radius 3 is 2.58 bits per heavy atom. The van der Waals surface area contributed by atoms with Crippen LogP contribution in [0.15, 0.2) is 24.3 Å². The van der Waals surface area contributed by atoms with Crippen LogP contribution in [-0.4, -0.2) is 20.4 Å². The van der Waals surface area contributed by atoms with Crippen molar-refractivity contribution in [2.75, 3.05) is 10.0 Å². The SMILES string of the molecule is CC(N)CCC(=O)Nc1cccc(NS(N)(=O)=O)c1. The lowest BCUT2D eigenvalue weighted by Gasteiger charge is -2.09. The molecule has 0 spiro atoms. The molecule has 8 heteroatoms. The van der Waals surface area contributed by atoms with E-state index in [-0.39, 0.29) is 17.6 Å². The van der Waals surface area contributed by atoms with E-state index in [1.165, 1.54) is 12.1 Å². The Morgan fingerprint density at radius 1 is 1.37 bits per heavy atom. The van der Waals surface area contributed by atoms with Gasteiger partial charge in [0.2, 0.25) is 5.91 Å². The van der Waals surface area contributed by atoms with E-state index in [1.54, 1.807) is 12.1 Å². The molecule has 1 amide bonds. The van der Waals surface area contributed by atoms with E-state index >= 15 is 0 Å². The van der Waals surface area contributed by atoms with E-state index in [2.05, 4.69) is 10.0 Å². The molecule has 19 heavy (non-hydrogen) atoms. The van der Waals surface area contributed by atoms with Crippen LogP contribution >= 0.6 is 0 Å². The predicted octanol–water partition coefficient (Wildman–Crippen LogP) is 0.368. The Hall–Kier alpha value is -1.64. The third kappa shape index (κ3) is 6.75. The number of hydrogen-bond acceptors (Lipinski definition) is 4. The van der Waals surface area contributed by atoms with Gasteiger partial charge in [-0.25, -0.2) is 5.14 Å². The van der Waals surface area contributed by atoms with Crippen molar-refractivity contribution in [2.24, 2.45) is 10.9 Å². The monoisotopic (exact) mass is 286 g/mol. The van der Waals surface area contributed by atoms with Gasteiger partial charge in [-0.3, -0.25) is 9.52 Å². The van der Waals surface area contributed by atoms with Gasteiger partial charge >= 0.3 is 0 Å². The van der Waals surface area contributed by atoms with Crippen molar-refractivity contribution in [3.05, 3.63) is 24.3 Å². The first-order valence-corrected chi connectivity index (χ1v) is 7.27. The Morgan fingerprint density at radius 2 is 2.00 bits per heavy atom. The fraction of sp³-hybridized carbons (Fsp3) is 0.364. The maximum atomic E-state index is 11.6. The molecular formula is C11H18N4O3S. The fourth-order valence-corrected chi connectivity index (χ4v) is 1.86. The van der Waals surface area contributed by atoms with Crippen molar-refractivity contribution in [3.8, 4) is 0 Å². The van der Waals surface area contributed by atoms with Crippen LogP contribution < -0.4 is 20.9 Å². The average molecular weight is 286 g/mol. The minimum atomic E-state index is -3.82. The van der Waals surface area contributed by atoms with E-state index in [9.17, 15) is 13.2 Å². The second-order valence-corrected chi connectivity index (χ2v) is 5.59. The third-order valence-electron chi connectivity index (χ3n) is 2.23. The van der Waals surface area contributed by atoms with Gasteiger partial charge in [-0.05, 0) is 31.5 Å². The summed E-state index contributed by atoms with van der Waals surface area (Å²) in [7, 11) is -3.82. The van der Waals surface area contributed by atoms with Crippen molar-refractivity contribution >= 4 is 27.5 Å². The number of carbonyl (C=O) groups is 1. The molecule has 0 aliphatic carbocycles. The number of nitrogens with two attached hydrogens (primary N) is 2. The summed E-state index contributed by atoms with van der Waals surface area (Å²) in [6.07, 6.45) is 0.894. The van der Waals surface area contributed by atoms with Crippen molar-refractivity contribution in [2.45, 2.75) is 25.8 Å². The molecule has 1 aromatic carbocycles. The van der Waals surface area contributed by atoms with E-state index in [1.807, 2.05) is 6.92 Å². The molecule has 106 valence electrons. The molecule has 1 atom stereocenters. The first-order chi connectivity index (χ1) is 8.76. The van der Waals surface area contributed by atoms with Gasteiger partial charge in [0.1, 0.15) is 0 Å². The zero-order valence-corrected chi connectivity index (χ0v) is 11.4. The van der Waals surface area contributed by atoms with Gasteiger partial charge in [0.15, 0.2) is 0 Å². The quantitative estimate of drug-likeness (QED) is 0.602. The van der Waals surface area contributed by atoms with Gasteiger partial charge in [0.05, 0.1) is 5.69 Å². The first kappa shape index (κ1) is 15.4. The van der Waals surface area contributed by atoms with Gasteiger partial charge in [-0.15, -0.1) is 0 Å². The Kier molecular flexibility index (Phi) is 5.28. The highest BCUT2D eigenvalue weighted by atomic mass is 32.2. The van der Waals surface area contributed by atoms with Crippen molar-refractivity contribution in [3.63, 3.8) is 0 Å². The maximum Gasteiger partial charge on any atom is 0.296 e. The lowest BCUT2D eigenvalue weighted by Crippen LogP contribution is -2.22. The van der Waals surface area contributed by atoms with Crippen LogP contribution in [0.1, 0.15) is 19.8 Å². The Bertz CT molecular complexity index is 543. The summed E-state index contributed by atoms with van der Waals surface area (Å²) >= 11 is 0. The van der Waals surface area contributed by atoms with Gasteiger partial charge in [-0.2, -0.15) is 8.42 Å². The summed E-state index contributed by atoms with van der Waals surface area (Å²) in [5.74, 6) is -0.176. The molecule has 0 saturated carbocycles. The van der Waals surface area contributed by atoms with Crippen molar-refractivity contribution < 1.29 is 13.2 Å². The first-order valence-electron chi connectivity index (χ1n) is 5.72. The van der Waals surface area contributed by atoms with E-state index in [4.69, 9.17) is 10.9 Å². The molecule has 0 aliphatic heterocycles. The smallest absolute Gasteiger partial charge is 0.296 e. The standard InChI is InChI=1S/C11H18N4O3S/c1-8(12)5-6-11(16)14-9-3-2-4-10(7-9)15-19(13,17)18/h2-4,7-8,15H,5-6,12H2,1H3,(H,14,16)(H2,13,17,18). The van der Waals surface area contributed by atoms with E-state index in [0.717, 1.165) is 0 Å². The normalized spacial score (nSPS) is 12.8. The van der Waals surface area contributed by atoms with Gasteiger partial charge < -0.3 is 11.1 Å². The molecule has 0 saturated heterocycles. The summed E-state index contributed by atoms with van der Waals surface area (Å²) in [5.41, 5.74) is 6.33. The molecule has 1 aromatic rings. The fourth-order valence-electron chi connectivity index (χ4n) is 1.41. The lowest BCUT2D eigenvalue weighted by molar-refractivity contribution is -0.116. The third-order valence-corrected chi connectivity index (χ3v) is 2.75. The molecule has 6 N–H and O–H groups in total. The summed E-state index contributed by atoms with van der Waals surface area (Å²) in [6.45, 7) is 1.82.